The molecule has 1 N–H and O–H groups in total. The summed E-state index contributed by atoms with van der Waals surface area (Å²) < 4.78 is 10.7. The highest BCUT2D eigenvalue weighted by atomic mass is 16.5. The first-order valence-corrected chi connectivity index (χ1v) is 7.97. The Morgan fingerprint density at radius 2 is 2.18 bits per heavy atom. The molecule has 1 heterocycles. The van der Waals surface area contributed by atoms with Gasteiger partial charge in [0.25, 0.3) is 0 Å². The van der Waals surface area contributed by atoms with Gasteiger partial charge < -0.3 is 14.5 Å². The fraction of sp³-hybridized carbons (Fsp3) is 0.500. The van der Waals surface area contributed by atoms with Crippen LogP contribution in [0.4, 0.5) is 0 Å². The van der Waals surface area contributed by atoms with E-state index in [0.717, 1.165) is 35.1 Å². The van der Waals surface area contributed by atoms with Crippen molar-refractivity contribution in [3.63, 3.8) is 0 Å². The van der Waals surface area contributed by atoms with Crippen molar-refractivity contribution in [2.75, 3.05) is 7.11 Å². The lowest BCUT2D eigenvalue weighted by atomic mass is 10.1. The lowest BCUT2D eigenvalue weighted by Gasteiger charge is -2.13. The summed E-state index contributed by atoms with van der Waals surface area (Å²) in [6.07, 6.45) is 6.61. The number of benzene rings is 1. The van der Waals surface area contributed by atoms with Crippen molar-refractivity contribution in [3.05, 3.63) is 30.0 Å². The van der Waals surface area contributed by atoms with Gasteiger partial charge in [-0.3, -0.25) is 4.79 Å². The molecular weight excluding hydrogens is 278 g/mol. The average Bonchev–Trinajstić information content (AvgIpc) is 2.89. The molecule has 22 heavy (non-hydrogen) atoms. The van der Waals surface area contributed by atoms with Crippen LogP contribution < -0.4 is 10.1 Å². The van der Waals surface area contributed by atoms with Gasteiger partial charge in [-0.15, -0.1) is 0 Å². The van der Waals surface area contributed by atoms with Crippen LogP contribution in [0, 0.1) is 0 Å². The maximum absolute atomic E-state index is 12.1. The highest BCUT2D eigenvalue weighted by Crippen LogP contribution is 2.25. The van der Waals surface area contributed by atoms with Crippen molar-refractivity contribution in [1.82, 2.24) is 5.32 Å². The Morgan fingerprint density at radius 3 is 2.91 bits per heavy atom. The lowest BCUT2D eigenvalue weighted by molar-refractivity contribution is -0.121. The highest BCUT2D eigenvalue weighted by Gasteiger charge is 2.13. The zero-order chi connectivity index (χ0) is 15.9. The number of fused-ring (bicyclic) bond motifs is 1. The first kappa shape index (κ1) is 16.4. The van der Waals surface area contributed by atoms with E-state index in [1.807, 2.05) is 18.2 Å². The number of methoxy groups -OCH3 is 1. The fourth-order valence-corrected chi connectivity index (χ4v) is 2.60. The number of carbonyl (C=O) groups is 1. The third-order valence-corrected chi connectivity index (χ3v) is 3.86. The van der Waals surface area contributed by atoms with Crippen LogP contribution in [0.15, 0.2) is 28.9 Å². The minimum Gasteiger partial charge on any atom is -0.497 e. The number of amides is 1. The Labute approximate surface area is 131 Å². The molecule has 0 aliphatic carbocycles. The smallest absolute Gasteiger partial charge is 0.224 e. The summed E-state index contributed by atoms with van der Waals surface area (Å²) in [5.41, 5.74) is 1.66. The minimum atomic E-state index is 0.0440. The third kappa shape index (κ3) is 4.26. The Morgan fingerprint density at radius 1 is 1.36 bits per heavy atom. The number of hydrogen-bond donors (Lipinski definition) is 1. The highest BCUT2D eigenvalue weighted by molar-refractivity contribution is 5.88. The quantitative estimate of drug-likeness (QED) is 0.748. The molecule has 4 nitrogen and oxygen atoms in total. The van der Waals surface area contributed by atoms with Gasteiger partial charge in [-0.2, -0.15) is 0 Å². The molecule has 0 saturated heterocycles. The number of furan rings is 1. The second-order valence-electron chi connectivity index (χ2n) is 5.76. The Kier molecular flexibility index (Phi) is 5.87. The van der Waals surface area contributed by atoms with Crippen LogP contribution in [-0.2, 0) is 11.2 Å². The van der Waals surface area contributed by atoms with E-state index < -0.39 is 0 Å². The van der Waals surface area contributed by atoms with Crippen LogP contribution in [-0.4, -0.2) is 19.1 Å². The molecule has 1 atom stereocenters. The molecule has 0 radical (unpaired) electrons. The van der Waals surface area contributed by atoms with Crippen molar-refractivity contribution in [2.24, 2.45) is 0 Å². The molecule has 1 aromatic heterocycles. The molecule has 120 valence electrons. The van der Waals surface area contributed by atoms with Gasteiger partial charge in [-0.05, 0) is 25.5 Å². The van der Waals surface area contributed by atoms with Crippen LogP contribution in [0.2, 0.25) is 0 Å². The molecule has 0 aliphatic heterocycles. The summed E-state index contributed by atoms with van der Waals surface area (Å²) >= 11 is 0. The minimum absolute atomic E-state index is 0.0440. The molecule has 0 spiro atoms. The average molecular weight is 303 g/mol. The fourth-order valence-electron chi connectivity index (χ4n) is 2.60. The molecule has 0 unspecified atom stereocenters. The van der Waals surface area contributed by atoms with Crippen LogP contribution in [0.25, 0.3) is 11.0 Å². The number of hydrogen-bond acceptors (Lipinski definition) is 3. The Bertz CT molecular complexity index is 618. The first-order valence-electron chi connectivity index (χ1n) is 7.97. The van der Waals surface area contributed by atoms with E-state index in [2.05, 4.69) is 19.2 Å². The van der Waals surface area contributed by atoms with Crippen LogP contribution in [0.5, 0.6) is 5.75 Å². The van der Waals surface area contributed by atoms with Crippen molar-refractivity contribution in [3.8, 4) is 5.75 Å². The third-order valence-electron chi connectivity index (χ3n) is 3.86. The van der Waals surface area contributed by atoms with E-state index in [1.165, 1.54) is 12.8 Å². The summed E-state index contributed by atoms with van der Waals surface area (Å²) in [6, 6.07) is 5.87. The lowest BCUT2D eigenvalue weighted by Crippen LogP contribution is -2.33. The normalized spacial score (nSPS) is 12.3. The number of nitrogens with one attached hydrogen (secondary N) is 1. The van der Waals surface area contributed by atoms with Crippen LogP contribution in [0.3, 0.4) is 0 Å². The van der Waals surface area contributed by atoms with Crippen molar-refractivity contribution < 1.29 is 13.9 Å². The summed E-state index contributed by atoms with van der Waals surface area (Å²) in [7, 11) is 1.62. The van der Waals surface area contributed by atoms with Gasteiger partial charge in [0.2, 0.25) is 5.91 Å². The molecule has 0 fully saturated rings. The standard InChI is InChI=1S/C18H25NO3/c1-4-5-6-7-13(2)19-18(20)10-14-12-22-17-11-15(21-3)8-9-16(14)17/h8-9,11-13H,4-7,10H2,1-3H3,(H,19,20)/t13-/m0/s1. The van der Waals surface area contributed by atoms with Gasteiger partial charge in [0.15, 0.2) is 0 Å². The summed E-state index contributed by atoms with van der Waals surface area (Å²) in [4.78, 5) is 12.1. The first-order chi connectivity index (χ1) is 10.6. The van der Waals surface area contributed by atoms with Crippen LogP contribution >= 0.6 is 0 Å². The number of rotatable bonds is 8. The van der Waals surface area contributed by atoms with Gasteiger partial charge in [0.1, 0.15) is 11.3 Å². The zero-order valence-electron chi connectivity index (χ0n) is 13.6. The number of unbranched alkanes of at least 4 members (excludes halogenated alkanes) is 2. The molecule has 4 heteroatoms. The van der Waals surface area contributed by atoms with Gasteiger partial charge in [-0.1, -0.05) is 26.2 Å². The molecule has 1 aromatic carbocycles. The second kappa shape index (κ2) is 7.87. The Balaban J connectivity index is 1.94. The van der Waals surface area contributed by atoms with E-state index in [0.29, 0.717) is 6.42 Å². The van der Waals surface area contributed by atoms with E-state index in [9.17, 15) is 4.79 Å². The van der Waals surface area contributed by atoms with Crippen molar-refractivity contribution in [1.29, 1.82) is 0 Å². The molecule has 1 amide bonds. The molecule has 2 aromatic rings. The predicted molar refractivity (Wildman–Crippen MR) is 88.2 cm³/mol. The summed E-state index contributed by atoms with van der Waals surface area (Å²) in [5, 5.41) is 4.03. The molecule has 0 saturated carbocycles. The van der Waals surface area contributed by atoms with Crippen molar-refractivity contribution in [2.45, 2.75) is 52.0 Å². The van der Waals surface area contributed by atoms with E-state index in [-0.39, 0.29) is 11.9 Å². The summed E-state index contributed by atoms with van der Waals surface area (Å²) in [5.74, 6) is 0.796. The monoisotopic (exact) mass is 303 g/mol. The Hall–Kier alpha value is -1.97. The second-order valence-corrected chi connectivity index (χ2v) is 5.76. The van der Waals surface area contributed by atoms with Gasteiger partial charge >= 0.3 is 0 Å². The van der Waals surface area contributed by atoms with Gasteiger partial charge in [-0.25, -0.2) is 0 Å². The number of ether oxygens (including phenoxy) is 1. The maximum atomic E-state index is 12.1. The van der Waals surface area contributed by atoms with Gasteiger partial charge in [0, 0.05) is 23.1 Å². The summed E-state index contributed by atoms with van der Waals surface area (Å²) in [6.45, 7) is 4.24. The maximum Gasteiger partial charge on any atom is 0.224 e. The van der Waals surface area contributed by atoms with Crippen molar-refractivity contribution >= 4 is 16.9 Å². The van der Waals surface area contributed by atoms with E-state index in [1.54, 1.807) is 13.4 Å². The van der Waals surface area contributed by atoms with Gasteiger partial charge in [0.05, 0.1) is 19.8 Å². The SMILES string of the molecule is CCCCC[C@H](C)NC(=O)Cc1coc2cc(OC)ccc12. The number of carbonyl (C=O) groups excluding carboxylic acids is 1. The van der Waals surface area contributed by atoms with E-state index >= 15 is 0 Å². The molecule has 2 rings (SSSR count). The topological polar surface area (TPSA) is 51.5 Å². The molecular formula is C18H25NO3. The molecule has 0 bridgehead atoms. The molecule has 0 aliphatic rings. The predicted octanol–water partition coefficient (Wildman–Crippen LogP) is 4.07. The van der Waals surface area contributed by atoms with E-state index in [4.69, 9.17) is 9.15 Å². The zero-order valence-corrected chi connectivity index (χ0v) is 13.6. The largest absolute Gasteiger partial charge is 0.497 e. The van der Waals surface area contributed by atoms with Crippen LogP contribution in [0.1, 0.15) is 45.1 Å².